The van der Waals surface area contributed by atoms with Gasteiger partial charge in [-0.25, -0.2) is 9.50 Å². The van der Waals surface area contributed by atoms with Crippen molar-refractivity contribution >= 4 is 18.1 Å². The second-order valence-corrected chi connectivity index (χ2v) is 7.50. The summed E-state index contributed by atoms with van der Waals surface area (Å²) < 4.78 is 40.9. The SMILES string of the molecule is Cc1cc(C(F)(F)F)n2nc(C3CCN(CCCc4ccccc4)C3)cc2n1.Cl. The maximum absolute atomic E-state index is 13.3. The minimum absolute atomic E-state index is 0. The summed E-state index contributed by atoms with van der Waals surface area (Å²) in [5.41, 5.74) is 1.89. The second-order valence-electron chi connectivity index (χ2n) is 7.50. The summed E-state index contributed by atoms with van der Waals surface area (Å²) in [6.07, 6.45) is -1.43. The smallest absolute Gasteiger partial charge is 0.303 e. The van der Waals surface area contributed by atoms with Crippen molar-refractivity contribution in [3.63, 3.8) is 0 Å². The molecule has 0 spiro atoms. The number of nitrogens with zero attached hydrogens (tertiary/aromatic N) is 4. The number of hydrogen-bond acceptors (Lipinski definition) is 3. The Morgan fingerprint density at radius 2 is 1.90 bits per heavy atom. The Balaban J connectivity index is 0.00000240. The van der Waals surface area contributed by atoms with E-state index in [-0.39, 0.29) is 24.0 Å². The van der Waals surface area contributed by atoms with Crippen LogP contribution in [0, 0.1) is 6.92 Å². The van der Waals surface area contributed by atoms with Crippen LogP contribution in [0.15, 0.2) is 42.5 Å². The summed E-state index contributed by atoms with van der Waals surface area (Å²) in [7, 11) is 0. The lowest BCUT2D eigenvalue weighted by Crippen LogP contribution is -2.22. The van der Waals surface area contributed by atoms with E-state index < -0.39 is 11.9 Å². The van der Waals surface area contributed by atoms with Crippen molar-refractivity contribution in [2.75, 3.05) is 19.6 Å². The molecular weight excluding hydrogens is 401 g/mol. The molecule has 1 fully saturated rings. The molecule has 1 unspecified atom stereocenters. The molecule has 4 nitrogen and oxygen atoms in total. The second kappa shape index (κ2) is 8.71. The zero-order valence-electron chi connectivity index (χ0n) is 16.2. The Morgan fingerprint density at radius 1 is 1.14 bits per heavy atom. The minimum atomic E-state index is -4.45. The third-order valence-electron chi connectivity index (χ3n) is 5.34. The zero-order chi connectivity index (χ0) is 19.7. The molecule has 1 saturated heterocycles. The van der Waals surface area contributed by atoms with Crippen molar-refractivity contribution in [1.29, 1.82) is 0 Å². The van der Waals surface area contributed by atoms with Gasteiger partial charge in [0.25, 0.3) is 0 Å². The molecule has 3 heterocycles. The van der Waals surface area contributed by atoms with Gasteiger partial charge in [-0.15, -0.1) is 12.4 Å². The quantitative estimate of drug-likeness (QED) is 0.584. The van der Waals surface area contributed by atoms with Crippen molar-refractivity contribution in [3.05, 3.63) is 65.1 Å². The van der Waals surface area contributed by atoms with E-state index in [4.69, 9.17) is 0 Å². The van der Waals surface area contributed by atoms with Crippen LogP contribution in [0.1, 0.15) is 41.4 Å². The molecule has 4 rings (SSSR count). The maximum Gasteiger partial charge on any atom is 0.433 e. The highest BCUT2D eigenvalue weighted by molar-refractivity contribution is 5.85. The van der Waals surface area contributed by atoms with Crippen LogP contribution in [-0.4, -0.2) is 39.1 Å². The first-order chi connectivity index (χ1) is 13.4. The summed E-state index contributed by atoms with van der Waals surface area (Å²) in [6, 6.07) is 13.1. The van der Waals surface area contributed by atoms with Gasteiger partial charge in [-0.2, -0.15) is 18.3 Å². The molecule has 2 aromatic heterocycles. The number of aryl methyl sites for hydroxylation is 2. The molecule has 0 N–H and O–H groups in total. The zero-order valence-corrected chi connectivity index (χ0v) is 17.0. The van der Waals surface area contributed by atoms with E-state index in [0.717, 1.165) is 49.5 Å². The summed E-state index contributed by atoms with van der Waals surface area (Å²) in [5.74, 6) is 0.153. The molecule has 0 aliphatic carbocycles. The van der Waals surface area contributed by atoms with Gasteiger partial charge in [-0.3, -0.25) is 0 Å². The van der Waals surface area contributed by atoms with Crippen molar-refractivity contribution in [3.8, 4) is 0 Å². The van der Waals surface area contributed by atoms with Gasteiger partial charge in [0.2, 0.25) is 0 Å². The molecule has 0 amide bonds. The largest absolute Gasteiger partial charge is 0.433 e. The van der Waals surface area contributed by atoms with E-state index in [9.17, 15) is 13.2 Å². The Kier molecular flexibility index (Phi) is 6.49. The number of fused-ring (bicyclic) bond motifs is 1. The molecule has 1 aromatic carbocycles. The molecule has 1 aliphatic heterocycles. The maximum atomic E-state index is 13.3. The highest BCUT2D eigenvalue weighted by Gasteiger charge is 2.35. The van der Waals surface area contributed by atoms with Gasteiger partial charge in [0, 0.05) is 24.2 Å². The molecule has 1 atom stereocenters. The van der Waals surface area contributed by atoms with Gasteiger partial charge in [0.1, 0.15) is 5.69 Å². The lowest BCUT2D eigenvalue weighted by Gasteiger charge is -2.15. The first-order valence-corrected chi connectivity index (χ1v) is 9.61. The molecule has 8 heteroatoms. The number of benzene rings is 1. The first kappa shape index (κ1) is 21.6. The molecule has 1 aliphatic rings. The van der Waals surface area contributed by atoms with E-state index in [0.29, 0.717) is 11.4 Å². The number of likely N-dealkylation sites (tertiary alicyclic amines) is 1. The highest BCUT2D eigenvalue weighted by atomic mass is 35.5. The average molecular weight is 425 g/mol. The van der Waals surface area contributed by atoms with Crippen LogP contribution in [0.4, 0.5) is 13.2 Å². The topological polar surface area (TPSA) is 33.4 Å². The predicted molar refractivity (Wildman–Crippen MR) is 109 cm³/mol. The molecule has 0 bridgehead atoms. The first-order valence-electron chi connectivity index (χ1n) is 9.61. The predicted octanol–water partition coefficient (Wildman–Crippen LogP) is 4.90. The molecule has 156 valence electrons. The third kappa shape index (κ3) is 4.90. The number of hydrogen-bond donors (Lipinski definition) is 0. The van der Waals surface area contributed by atoms with Crippen LogP contribution >= 0.6 is 12.4 Å². The Bertz CT molecular complexity index is 956. The van der Waals surface area contributed by atoms with Crippen LogP contribution in [-0.2, 0) is 12.6 Å². The fourth-order valence-electron chi connectivity index (χ4n) is 3.95. The van der Waals surface area contributed by atoms with E-state index in [1.165, 1.54) is 5.56 Å². The fourth-order valence-corrected chi connectivity index (χ4v) is 3.95. The molecule has 0 saturated carbocycles. The number of rotatable bonds is 5. The van der Waals surface area contributed by atoms with E-state index >= 15 is 0 Å². The average Bonchev–Trinajstić information content (AvgIpc) is 3.27. The number of aromatic nitrogens is 3. The van der Waals surface area contributed by atoms with Crippen LogP contribution in [0.3, 0.4) is 0 Å². The van der Waals surface area contributed by atoms with Crippen LogP contribution in [0.5, 0.6) is 0 Å². The fraction of sp³-hybridized carbons (Fsp3) is 0.429. The van der Waals surface area contributed by atoms with E-state index in [1.54, 1.807) is 13.0 Å². The third-order valence-corrected chi connectivity index (χ3v) is 5.34. The van der Waals surface area contributed by atoms with Gasteiger partial charge in [0.15, 0.2) is 5.65 Å². The van der Waals surface area contributed by atoms with Gasteiger partial charge >= 0.3 is 6.18 Å². The van der Waals surface area contributed by atoms with E-state index in [1.807, 2.05) is 6.07 Å². The number of alkyl halides is 3. The minimum Gasteiger partial charge on any atom is -0.303 e. The molecule has 0 radical (unpaired) electrons. The highest BCUT2D eigenvalue weighted by Crippen LogP contribution is 2.32. The number of halogens is 4. The van der Waals surface area contributed by atoms with Crippen molar-refractivity contribution in [2.45, 2.75) is 38.3 Å². The van der Waals surface area contributed by atoms with Crippen molar-refractivity contribution in [1.82, 2.24) is 19.5 Å². The Labute approximate surface area is 174 Å². The molecule has 3 aromatic rings. The van der Waals surface area contributed by atoms with E-state index in [2.05, 4.69) is 39.2 Å². The van der Waals surface area contributed by atoms with Crippen molar-refractivity contribution in [2.24, 2.45) is 0 Å². The summed E-state index contributed by atoms with van der Waals surface area (Å²) in [4.78, 5) is 6.61. The summed E-state index contributed by atoms with van der Waals surface area (Å²) >= 11 is 0. The lowest BCUT2D eigenvalue weighted by molar-refractivity contribution is -0.142. The summed E-state index contributed by atoms with van der Waals surface area (Å²) in [6.45, 7) is 4.35. The van der Waals surface area contributed by atoms with Gasteiger partial charge in [-0.05, 0) is 50.9 Å². The van der Waals surface area contributed by atoms with Gasteiger partial charge in [-0.1, -0.05) is 30.3 Å². The summed E-state index contributed by atoms with van der Waals surface area (Å²) in [5, 5.41) is 4.27. The monoisotopic (exact) mass is 424 g/mol. The van der Waals surface area contributed by atoms with Gasteiger partial charge < -0.3 is 4.90 Å². The Hall–Kier alpha value is -2.12. The van der Waals surface area contributed by atoms with Crippen molar-refractivity contribution < 1.29 is 13.2 Å². The lowest BCUT2D eigenvalue weighted by atomic mass is 10.1. The van der Waals surface area contributed by atoms with Gasteiger partial charge in [0.05, 0.1) is 5.69 Å². The standard InChI is InChI=1S/C21H23F3N4.ClH/c1-15-12-19(21(22,23)24)28-20(25-15)13-18(26-28)17-9-11-27(14-17)10-5-8-16-6-3-2-4-7-16;/h2-4,6-7,12-13,17H,5,8-11,14H2,1H3;1H. The molecular formula is C21H24ClF3N4. The molecule has 29 heavy (non-hydrogen) atoms. The van der Waals surface area contributed by atoms with Crippen LogP contribution in [0.2, 0.25) is 0 Å². The van der Waals surface area contributed by atoms with Crippen LogP contribution < -0.4 is 0 Å². The van der Waals surface area contributed by atoms with Crippen LogP contribution in [0.25, 0.3) is 5.65 Å². The normalized spacial score (nSPS) is 17.6. The Morgan fingerprint density at radius 3 is 2.62 bits per heavy atom.